The van der Waals surface area contributed by atoms with Gasteiger partial charge >= 0.3 is 5.97 Å². The number of carbonyl (C=O) groups is 2. The van der Waals surface area contributed by atoms with Crippen LogP contribution in [0.3, 0.4) is 0 Å². The van der Waals surface area contributed by atoms with Gasteiger partial charge in [0, 0.05) is 19.2 Å². The molecule has 0 radical (unpaired) electrons. The number of carbonyl (C=O) groups excluding carboxylic acids is 1. The Bertz CT molecular complexity index is 457. The molecule has 1 atom stereocenters. The molecule has 0 aromatic heterocycles. The summed E-state index contributed by atoms with van der Waals surface area (Å²) in [5.41, 5.74) is 1.51. The molecule has 0 bridgehead atoms. The summed E-state index contributed by atoms with van der Waals surface area (Å²) in [6.07, 6.45) is 0. The number of nitrogens with zero attached hydrogens (tertiary/aromatic N) is 1. The number of rotatable bonds is 7. The minimum Gasteiger partial charge on any atom is -0.480 e. The molecule has 1 aromatic rings. The summed E-state index contributed by atoms with van der Waals surface area (Å²) >= 11 is 0. The number of carboxylic acid groups (broad SMARTS) is 1. The van der Waals surface area contributed by atoms with Crippen molar-refractivity contribution >= 4 is 11.9 Å². The van der Waals surface area contributed by atoms with Crippen LogP contribution in [0.25, 0.3) is 0 Å². The summed E-state index contributed by atoms with van der Waals surface area (Å²) in [5.74, 6) is -1.55. The van der Waals surface area contributed by atoms with Gasteiger partial charge in [-0.2, -0.15) is 0 Å². The van der Waals surface area contributed by atoms with Crippen molar-refractivity contribution in [1.29, 1.82) is 0 Å². The minimum absolute atomic E-state index is 0.0697. The number of aliphatic carboxylic acids is 1. The molecule has 0 heterocycles. The molecule has 6 nitrogen and oxygen atoms in total. The third kappa shape index (κ3) is 4.99. The summed E-state index contributed by atoms with van der Waals surface area (Å²) in [4.78, 5) is 24.9. The lowest BCUT2D eigenvalue weighted by Crippen LogP contribution is -2.43. The molecule has 0 fully saturated rings. The molecule has 2 N–H and O–H groups in total. The van der Waals surface area contributed by atoms with Gasteiger partial charge < -0.3 is 20.1 Å². The van der Waals surface area contributed by atoms with Gasteiger partial charge in [-0.05, 0) is 31.8 Å². The molecule has 1 amide bonds. The Morgan fingerprint density at radius 2 is 1.90 bits per heavy atom. The van der Waals surface area contributed by atoms with Crippen molar-refractivity contribution < 1.29 is 19.4 Å². The number of benzene rings is 1. The van der Waals surface area contributed by atoms with E-state index in [1.165, 1.54) is 7.11 Å². The summed E-state index contributed by atoms with van der Waals surface area (Å²) in [7, 11) is 5.31. The van der Waals surface area contributed by atoms with Crippen molar-refractivity contribution in [3.05, 3.63) is 35.4 Å². The van der Waals surface area contributed by atoms with Crippen LogP contribution in [0.15, 0.2) is 24.3 Å². The highest BCUT2D eigenvalue weighted by Crippen LogP contribution is 2.06. The zero-order valence-electron chi connectivity index (χ0n) is 11.9. The van der Waals surface area contributed by atoms with Crippen LogP contribution in [0.1, 0.15) is 15.9 Å². The average molecular weight is 280 g/mol. The smallest absolute Gasteiger partial charge is 0.328 e. The van der Waals surface area contributed by atoms with E-state index in [1.54, 1.807) is 12.1 Å². The van der Waals surface area contributed by atoms with Crippen molar-refractivity contribution in [3.63, 3.8) is 0 Å². The van der Waals surface area contributed by atoms with Gasteiger partial charge in [-0.25, -0.2) is 4.79 Å². The number of nitrogens with one attached hydrogen (secondary N) is 1. The SMILES string of the molecule is COCC(NC(=O)c1ccc(CN(C)C)cc1)C(=O)O. The molecule has 1 unspecified atom stereocenters. The highest BCUT2D eigenvalue weighted by molar-refractivity contribution is 5.96. The Kier molecular flexibility index (Phi) is 6.14. The first-order valence-electron chi connectivity index (χ1n) is 6.20. The van der Waals surface area contributed by atoms with Crippen molar-refractivity contribution in [2.45, 2.75) is 12.6 Å². The van der Waals surface area contributed by atoms with Crippen LogP contribution in [0.2, 0.25) is 0 Å². The predicted octanol–water partition coefficient (Wildman–Crippen LogP) is 0.578. The van der Waals surface area contributed by atoms with Gasteiger partial charge in [0.05, 0.1) is 6.61 Å². The van der Waals surface area contributed by atoms with Crippen LogP contribution < -0.4 is 5.32 Å². The summed E-state index contributed by atoms with van der Waals surface area (Å²) in [5, 5.41) is 11.4. The van der Waals surface area contributed by atoms with E-state index in [4.69, 9.17) is 9.84 Å². The lowest BCUT2D eigenvalue weighted by Gasteiger charge is -2.14. The summed E-state index contributed by atoms with van der Waals surface area (Å²) in [6, 6.07) is 6.01. The first kappa shape index (κ1) is 16.1. The maximum atomic E-state index is 11.9. The lowest BCUT2D eigenvalue weighted by molar-refractivity contribution is -0.140. The van der Waals surface area contributed by atoms with Gasteiger partial charge in [-0.1, -0.05) is 12.1 Å². The summed E-state index contributed by atoms with van der Waals surface area (Å²) in [6.45, 7) is 0.711. The van der Waals surface area contributed by atoms with E-state index >= 15 is 0 Å². The maximum absolute atomic E-state index is 11.9. The van der Waals surface area contributed by atoms with Crippen LogP contribution in [-0.2, 0) is 16.1 Å². The van der Waals surface area contributed by atoms with E-state index in [9.17, 15) is 9.59 Å². The van der Waals surface area contributed by atoms with Gasteiger partial charge in [0.2, 0.25) is 0 Å². The topological polar surface area (TPSA) is 78.9 Å². The Hall–Kier alpha value is -1.92. The van der Waals surface area contributed by atoms with Gasteiger partial charge in [-0.3, -0.25) is 4.79 Å². The Balaban J connectivity index is 2.69. The number of ether oxygens (including phenoxy) is 1. The molecule has 6 heteroatoms. The zero-order valence-corrected chi connectivity index (χ0v) is 11.9. The third-order valence-corrected chi connectivity index (χ3v) is 2.65. The number of hydrogen-bond donors (Lipinski definition) is 2. The molecule has 1 rings (SSSR count). The maximum Gasteiger partial charge on any atom is 0.328 e. The normalized spacial score (nSPS) is 12.2. The lowest BCUT2D eigenvalue weighted by atomic mass is 10.1. The predicted molar refractivity (Wildman–Crippen MR) is 74.6 cm³/mol. The second kappa shape index (κ2) is 7.62. The van der Waals surface area contributed by atoms with Crippen LogP contribution in [0.5, 0.6) is 0 Å². The Morgan fingerprint density at radius 3 is 2.35 bits per heavy atom. The van der Waals surface area contributed by atoms with Crippen molar-refractivity contribution in [2.75, 3.05) is 27.8 Å². The summed E-state index contributed by atoms with van der Waals surface area (Å²) < 4.78 is 4.76. The second-order valence-corrected chi connectivity index (χ2v) is 4.75. The first-order valence-corrected chi connectivity index (χ1v) is 6.20. The van der Waals surface area contributed by atoms with Crippen LogP contribution in [0, 0.1) is 0 Å². The number of hydrogen-bond acceptors (Lipinski definition) is 4. The Labute approximate surface area is 118 Å². The van der Waals surface area contributed by atoms with Gasteiger partial charge in [-0.15, -0.1) is 0 Å². The Morgan fingerprint density at radius 1 is 1.30 bits per heavy atom. The number of amides is 1. The van der Waals surface area contributed by atoms with Crippen LogP contribution in [0.4, 0.5) is 0 Å². The van der Waals surface area contributed by atoms with Crippen molar-refractivity contribution in [3.8, 4) is 0 Å². The molecule has 0 saturated heterocycles. The molecule has 0 aliphatic rings. The molecular formula is C14H20N2O4. The second-order valence-electron chi connectivity index (χ2n) is 4.75. The molecule has 20 heavy (non-hydrogen) atoms. The average Bonchev–Trinajstić information content (AvgIpc) is 2.38. The quantitative estimate of drug-likeness (QED) is 0.763. The van der Waals surface area contributed by atoms with E-state index in [1.807, 2.05) is 31.1 Å². The zero-order chi connectivity index (χ0) is 15.1. The largest absolute Gasteiger partial charge is 0.480 e. The standard InChI is InChI=1S/C14H20N2O4/c1-16(2)8-10-4-6-11(7-5-10)13(17)15-12(9-20-3)14(18)19/h4-7,12H,8-9H2,1-3H3,(H,15,17)(H,18,19). The monoisotopic (exact) mass is 280 g/mol. The van der Waals surface area contributed by atoms with Crippen molar-refractivity contribution in [1.82, 2.24) is 10.2 Å². The fourth-order valence-corrected chi connectivity index (χ4v) is 1.71. The fourth-order valence-electron chi connectivity index (χ4n) is 1.71. The van der Waals surface area contributed by atoms with Gasteiger partial charge in [0.15, 0.2) is 6.04 Å². The number of carboxylic acids is 1. The molecule has 0 saturated carbocycles. The highest BCUT2D eigenvalue weighted by Gasteiger charge is 2.20. The number of methoxy groups -OCH3 is 1. The molecule has 0 aliphatic heterocycles. The van der Waals surface area contributed by atoms with E-state index in [-0.39, 0.29) is 6.61 Å². The molecule has 1 aromatic carbocycles. The van der Waals surface area contributed by atoms with Gasteiger partial charge in [0.1, 0.15) is 0 Å². The van der Waals surface area contributed by atoms with Gasteiger partial charge in [0.25, 0.3) is 5.91 Å². The molecule has 0 spiro atoms. The molecule has 110 valence electrons. The minimum atomic E-state index is -1.12. The molecule has 0 aliphatic carbocycles. The fraction of sp³-hybridized carbons (Fsp3) is 0.429. The third-order valence-electron chi connectivity index (χ3n) is 2.65. The van der Waals surface area contributed by atoms with Crippen molar-refractivity contribution in [2.24, 2.45) is 0 Å². The molecular weight excluding hydrogens is 260 g/mol. The van der Waals surface area contributed by atoms with E-state index < -0.39 is 17.9 Å². The van der Waals surface area contributed by atoms with E-state index in [2.05, 4.69) is 5.32 Å². The highest BCUT2D eigenvalue weighted by atomic mass is 16.5. The van der Waals surface area contributed by atoms with Crippen LogP contribution in [-0.4, -0.2) is 55.7 Å². The van der Waals surface area contributed by atoms with E-state index in [0.717, 1.165) is 12.1 Å². The first-order chi connectivity index (χ1) is 9.43. The van der Waals surface area contributed by atoms with E-state index in [0.29, 0.717) is 5.56 Å². The van der Waals surface area contributed by atoms with Crippen LogP contribution >= 0.6 is 0 Å².